The van der Waals surface area contributed by atoms with Gasteiger partial charge in [0.25, 0.3) is 0 Å². The molecule has 0 atom stereocenters. The number of fused-ring (bicyclic) bond motifs is 1. The molecule has 0 aliphatic heterocycles. The summed E-state index contributed by atoms with van der Waals surface area (Å²) in [5.41, 5.74) is 11.6. The molecule has 21 heavy (non-hydrogen) atoms. The van der Waals surface area contributed by atoms with E-state index in [0.29, 0.717) is 11.7 Å². The second kappa shape index (κ2) is 4.88. The predicted octanol–water partition coefficient (Wildman–Crippen LogP) is 3.74. The first-order chi connectivity index (χ1) is 10.0. The maximum absolute atomic E-state index is 6.03. The summed E-state index contributed by atoms with van der Waals surface area (Å²) in [6, 6.07) is 8.58. The molecule has 2 aromatic heterocycles. The summed E-state index contributed by atoms with van der Waals surface area (Å²) < 4.78 is 2.16. The molecule has 0 unspecified atom stereocenters. The van der Waals surface area contributed by atoms with Crippen LogP contribution in [0.4, 0.5) is 5.82 Å². The van der Waals surface area contributed by atoms with Crippen LogP contribution in [0.3, 0.4) is 0 Å². The summed E-state index contributed by atoms with van der Waals surface area (Å²) in [6.07, 6.45) is 1.53. The Morgan fingerprint density at radius 1 is 1.14 bits per heavy atom. The molecule has 0 aliphatic carbocycles. The molecule has 0 fully saturated rings. The van der Waals surface area contributed by atoms with Crippen molar-refractivity contribution in [2.45, 2.75) is 33.6 Å². The number of nitrogens with two attached hydrogens (primary N) is 1. The Kier molecular flexibility index (Phi) is 3.16. The zero-order valence-electron chi connectivity index (χ0n) is 12.9. The van der Waals surface area contributed by atoms with Gasteiger partial charge in [-0.05, 0) is 43.0 Å². The largest absolute Gasteiger partial charge is 0.383 e. The van der Waals surface area contributed by atoms with Crippen LogP contribution < -0.4 is 5.73 Å². The number of aryl methyl sites for hydroxylation is 1. The van der Waals surface area contributed by atoms with Crippen molar-refractivity contribution < 1.29 is 0 Å². The highest BCUT2D eigenvalue weighted by atomic mass is 15.1. The SMILES string of the molecule is Cc1c(C)n(-c2cccc(C(C)C)c2)c2ncnc(N)c12. The maximum Gasteiger partial charge on any atom is 0.150 e. The van der Waals surface area contributed by atoms with Gasteiger partial charge < -0.3 is 5.73 Å². The number of nitrogens with zero attached hydrogens (tertiary/aromatic N) is 3. The lowest BCUT2D eigenvalue weighted by Gasteiger charge is -2.11. The molecule has 2 heterocycles. The van der Waals surface area contributed by atoms with Gasteiger partial charge in [0.2, 0.25) is 0 Å². The third-order valence-corrected chi connectivity index (χ3v) is 4.12. The van der Waals surface area contributed by atoms with E-state index in [4.69, 9.17) is 5.73 Å². The molecule has 0 bridgehead atoms. The number of aromatic nitrogens is 3. The Morgan fingerprint density at radius 3 is 2.62 bits per heavy atom. The zero-order chi connectivity index (χ0) is 15.1. The molecular weight excluding hydrogens is 260 g/mol. The summed E-state index contributed by atoms with van der Waals surface area (Å²) in [7, 11) is 0. The minimum Gasteiger partial charge on any atom is -0.383 e. The van der Waals surface area contributed by atoms with Crippen LogP contribution in [0.15, 0.2) is 30.6 Å². The van der Waals surface area contributed by atoms with Crippen molar-refractivity contribution in [1.29, 1.82) is 0 Å². The second-order valence-electron chi connectivity index (χ2n) is 5.75. The van der Waals surface area contributed by atoms with Crippen LogP contribution in [0.1, 0.15) is 36.6 Å². The maximum atomic E-state index is 6.03. The van der Waals surface area contributed by atoms with Crippen LogP contribution in [0.25, 0.3) is 16.7 Å². The van der Waals surface area contributed by atoms with Gasteiger partial charge in [-0.1, -0.05) is 26.0 Å². The number of hydrogen-bond acceptors (Lipinski definition) is 3. The fourth-order valence-corrected chi connectivity index (χ4v) is 2.77. The van der Waals surface area contributed by atoms with Crippen molar-refractivity contribution >= 4 is 16.9 Å². The second-order valence-corrected chi connectivity index (χ2v) is 5.75. The summed E-state index contributed by atoms with van der Waals surface area (Å²) in [5.74, 6) is 1.03. The monoisotopic (exact) mass is 280 g/mol. The van der Waals surface area contributed by atoms with Gasteiger partial charge in [0.15, 0.2) is 5.65 Å². The van der Waals surface area contributed by atoms with E-state index >= 15 is 0 Å². The van der Waals surface area contributed by atoms with Gasteiger partial charge in [-0.3, -0.25) is 4.57 Å². The van der Waals surface area contributed by atoms with E-state index in [-0.39, 0.29) is 0 Å². The van der Waals surface area contributed by atoms with Crippen LogP contribution in [0.5, 0.6) is 0 Å². The van der Waals surface area contributed by atoms with Crippen molar-refractivity contribution in [3.8, 4) is 5.69 Å². The van der Waals surface area contributed by atoms with Gasteiger partial charge in [-0.2, -0.15) is 0 Å². The third kappa shape index (κ3) is 2.07. The Hall–Kier alpha value is -2.36. The molecule has 0 aliphatic rings. The Balaban J connectivity index is 2.33. The first-order valence-electron chi connectivity index (χ1n) is 7.19. The van der Waals surface area contributed by atoms with Gasteiger partial charge in [0, 0.05) is 11.4 Å². The lowest BCUT2D eigenvalue weighted by molar-refractivity contribution is 0.862. The van der Waals surface area contributed by atoms with Crippen molar-refractivity contribution in [3.05, 3.63) is 47.4 Å². The van der Waals surface area contributed by atoms with Crippen molar-refractivity contribution in [3.63, 3.8) is 0 Å². The van der Waals surface area contributed by atoms with Crippen molar-refractivity contribution in [2.24, 2.45) is 0 Å². The van der Waals surface area contributed by atoms with Crippen LogP contribution in [-0.4, -0.2) is 14.5 Å². The Bertz CT molecular complexity index is 815. The molecule has 3 rings (SSSR count). The molecule has 3 aromatic rings. The van der Waals surface area contributed by atoms with Crippen LogP contribution in [0.2, 0.25) is 0 Å². The molecule has 0 spiro atoms. The average molecular weight is 280 g/mol. The fraction of sp³-hybridized carbons (Fsp3) is 0.294. The Labute approximate surface area is 124 Å². The molecule has 0 amide bonds. The molecule has 0 saturated carbocycles. The number of nitrogen functional groups attached to an aromatic ring is 1. The summed E-state index contributed by atoms with van der Waals surface area (Å²) in [6.45, 7) is 8.56. The van der Waals surface area contributed by atoms with E-state index in [1.165, 1.54) is 11.9 Å². The van der Waals surface area contributed by atoms with Gasteiger partial charge in [-0.15, -0.1) is 0 Å². The molecule has 108 valence electrons. The van der Waals surface area contributed by atoms with Crippen LogP contribution in [0, 0.1) is 13.8 Å². The van der Waals surface area contributed by atoms with Gasteiger partial charge in [-0.25, -0.2) is 9.97 Å². The fourth-order valence-electron chi connectivity index (χ4n) is 2.77. The van der Waals surface area contributed by atoms with Crippen LogP contribution >= 0.6 is 0 Å². The third-order valence-electron chi connectivity index (χ3n) is 4.12. The minimum atomic E-state index is 0.493. The van der Waals surface area contributed by atoms with Crippen molar-refractivity contribution in [2.75, 3.05) is 5.73 Å². The van der Waals surface area contributed by atoms with Crippen LogP contribution in [-0.2, 0) is 0 Å². The van der Waals surface area contributed by atoms with Crippen molar-refractivity contribution in [1.82, 2.24) is 14.5 Å². The highest BCUT2D eigenvalue weighted by Crippen LogP contribution is 2.30. The number of anilines is 1. The van der Waals surface area contributed by atoms with E-state index in [9.17, 15) is 0 Å². The predicted molar refractivity (Wildman–Crippen MR) is 86.8 cm³/mol. The molecular formula is C17H20N4. The first kappa shape index (κ1) is 13.6. The summed E-state index contributed by atoms with van der Waals surface area (Å²) >= 11 is 0. The van der Waals surface area contributed by atoms with E-state index in [1.807, 2.05) is 0 Å². The average Bonchev–Trinajstić information content (AvgIpc) is 2.72. The highest BCUT2D eigenvalue weighted by Gasteiger charge is 2.16. The molecule has 1 aromatic carbocycles. The summed E-state index contributed by atoms with van der Waals surface area (Å²) in [5, 5.41) is 0.949. The quantitative estimate of drug-likeness (QED) is 0.778. The molecule has 0 radical (unpaired) electrons. The van der Waals surface area contributed by atoms with E-state index in [0.717, 1.165) is 28.0 Å². The molecule has 0 saturated heterocycles. The molecule has 2 N–H and O–H groups in total. The smallest absolute Gasteiger partial charge is 0.150 e. The Morgan fingerprint density at radius 2 is 1.90 bits per heavy atom. The number of hydrogen-bond donors (Lipinski definition) is 1. The van der Waals surface area contributed by atoms with Gasteiger partial charge in [0.1, 0.15) is 12.1 Å². The molecule has 4 nitrogen and oxygen atoms in total. The van der Waals surface area contributed by atoms with E-state index in [1.54, 1.807) is 0 Å². The number of benzene rings is 1. The number of rotatable bonds is 2. The lowest BCUT2D eigenvalue weighted by atomic mass is 10.0. The minimum absolute atomic E-state index is 0.493. The highest BCUT2D eigenvalue weighted by molar-refractivity contribution is 5.92. The van der Waals surface area contributed by atoms with E-state index < -0.39 is 0 Å². The zero-order valence-corrected chi connectivity index (χ0v) is 12.9. The normalized spacial score (nSPS) is 11.5. The van der Waals surface area contributed by atoms with Gasteiger partial charge >= 0.3 is 0 Å². The molecule has 4 heteroatoms. The summed E-state index contributed by atoms with van der Waals surface area (Å²) in [4.78, 5) is 8.56. The standard InChI is InChI=1S/C17H20N4/c1-10(2)13-6-5-7-14(8-13)21-12(4)11(3)15-16(18)19-9-20-17(15)21/h5-10H,1-4H3,(H2,18,19,20). The van der Waals surface area contributed by atoms with Gasteiger partial charge in [0.05, 0.1) is 5.39 Å². The first-order valence-corrected chi connectivity index (χ1v) is 7.19. The topological polar surface area (TPSA) is 56.7 Å². The lowest BCUT2D eigenvalue weighted by Crippen LogP contribution is -2.00. The van der Waals surface area contributed by atoms with E-state index in [2.05, 4.69) is 66.5 Å².